The van der Waals surface area contributed by atoms with Gasteiger partial charge >= 0.3 is 12.4 Å². The molecule has 150 heavy (non-hydrogen) atoms. The molecule has 0 bridgehead atoms. The van der Waals surface area contributed by atoms with Crippen molar-refractivity contribution in [2.45, 2.75) is 209 Å². The molecule has 4 aliphatic heterocycles. The van der Waals surface area contributed by atoms with Gasteiger partial charge in [0.2, 0.25) is 24.9 Å². The molecule has 0 radical (unpaired) electrons. The van der Waals surface area contributed by atoms with Gasteiger partial charge in [-0.15, -0.1) is 11.3 Å². The van der Waals surface area contributed by atoms with Crippen molar-refractivity contribution in [1.29, 1.82) is 0 Å². The summed E-state index contributed by atoms with van der Waals surface area (Å²) in [6.45, 7) is 42.1. The first-order chi connectivity index (χ1) is 71.2. The van der Waals surface area contributed by atoms with E-state index in [2.05, 4.69) is 276 Å². The molecule has 0 saturated carbocycles. The van der Waals surface area contributed by atoms with Crippen LogP contribution in [-0.4, -0.2) is 63.3 Å². The van der Waals surface area contributed by atoms with Crippen molar-refractivity contribution < 1.29 is 64.6 Å². The Hall–Kier alpha value is -13.5. The summed E-state index contributed by atoms with van der Waals surface area (Å²) in [5.74, 6) is 4.93. The summed E-state index contributed by atoms with van der Waals surface area (Å²) >= 11 is 14.5. The van der Waals surface area contributed by atoms with E-state index < -0.39 is 47.7 Å². The topological polar surface area (TPSA) is 196 Å². The fraction of sp³-hybridized carbons (Fsp3) is 0.309. The molecular weight excluding hydrogens is 1960 g/mol. The number of nitrogens with one attached hydrogen (secondary N) is 5. The Morgan fingerprint density at radius 2 is 0.720 bits per heavy atom. The number of aromatic nitrogens is 1. The van der Waals surface area contributed by atoms with Crippen LogP contribution >= 0.6 is 34.5 Å². The molecule has 5 heterocycles. The molecule has 5 N–H and O–H groups in total. The first-order valence-corrected chi connectivity index (χ1v) is 51.6. The summed E-state index contributed by atoms with van der Waals surface area (Å²) in [5, 5.41) is 7.97. The number of halogens is 8. The summed E-state index contributed by atoms with van der Waals surface area (Å²) in [6, 6.07) is 87.0. The van der Waals surface area contributed by atoms with Crippen LogP contribution in [0.2, 0.25) is 10.0 Å². The molecule has 784 valence electrons. The van der Waals surface area contributed by atoms with E-state index in [1.807, 2.05) is 130 Å². The fourth-order valence-electron chi connectivity index (χ4n) is 17.7. The second kappa shape index (κ2) is 48.2. The van der Waals surface area contributed by atoms with Gasteiger partial charge in [-0.25, -0.2) is 66.2 Å². The lowest BCUT2D eigenvalue weighted by Crippen LogP contribution is -2.26. The van der Waals surface area contributed by atoms with Crippen LogP contribution in [0.5, 0.6) is 23.0 Å². The number of rotatable bonds is 23. The highest BCUT2D eigenvalue weighted by molar-refractivity contribution is 7.13. The van der Waals surface area contributed by atoms with Crippen molar-refractivity contribution in [2.24, 2.45) is 25.9 Å². The standard InChI is InChI=1S/C27H24F6N2O2.2C27H30N2O2.C25H24Cl2N2O2.C17H24N2S/c1-25(2,3)17-13-20(15-8-6-5-7-9-15)22(36-4)21(14-17)24-34-23(35-37-24)16-10-18(26(28,29)30)12-19(11-16)27(31,32)33;1-17-11-7-9-13-20(17)22-15-19(27(3,4)5)16-23(24(22)30-6)25-28-26(31-29-25)21-14-10-8-12-18(21)2;1-17-12-18(2)14-20(13-17)22-15-21(27(3,4)5)16-23(24(22)30-6)26-28-25(29-31-26)19-10-8-7-9-11-19;1-25(2,3)16-13-17(15-9-6-5-7-10-15)22(30-4)18(14-16)24-28-23(29-31-24)21-19(26)11-8-12-20(21)27;1-4-5-11-18-16(13(2)3)15-12-20-17(19-15)14-9-7-6-8-10-14/h5-14,24H,1-4H3,(H,34,35);2*7-16,26H,1-6H3,(H,28,29);5-14,24H,1-4H3,(H,28,29);6-10,12-13,16,18H,4-5,11H2,1-3H3. The van der Waals surface area contributed by atoms with Gasteiger partial charge < -0.3 is 24.3 Å². The van der Waals surface area contributed by atoms with Gasteiger partial charge in [0.1, 0.15) is 28.0 Å². The first-order valence-electron chi connectivity index (χ1n) is 50.0. The third-order valence-electron chi connectivity index (χ3n) is 26.0. The minimum Gasteiger partial charge on any atom is -0.496 e. The van der Waals surface area contributed by atoms with Gasteiger partial charge in [0.25, 0.3) is 0 Å². The maximum Gasteiger partial charge on any atom is 0.416 e. The van der Waals surface area contributed by atoms with Crippen LogP contribution in [0.3, 0.4) is 0 Å². The lowest BCUT2D eigenvalue weighted by atomic mass is 9.83. The average molecular weight is 2100 g/mol. The van der Waals surface area contributed by atoms with Gasteiger partial charge in [-0.3, -0.25) is 0 Å². The van der Waals surface area contributed by atoms with Gasteiger partial charge in [0.15, 0.2) is 23.3 Å². The van der Waals surface area contributed by atoms with E-state index in [-0.39, 0.29) is 39.8 Å². The van der Waals surface area contributed by atoms with Crippen molar-refractivity contribution in [3.63, 3.8) is 0 Å². The van der Waals surface area contributed by atoms with E-state index >= 15 is 0 Å². The maximum absolute atomic E-state index is 13.3. The number of unbranched alkanes of at least 4 members (excludes halogenated alkanes) is 1. The van der Waals surface area contributed by atoms with Crippen molar-refractivity contribution >= 4 is 57.9 Å². The molecule has 5 atom stereocenters. The van der Waals surface area contributed by atoms with E-state index in [4.69, 9.17) is 81.5 Å². The highest BCUT2D eigenvalue weighted by atomic mass is 35.5. The summed E-state index contributed by atoms with van der Waals surface area (Å²) < 4.78 is 104. The van der Waals surface area contributed by atoms with E-state index in [1.165, 1.54) is 59.0 Å². The molecule has 5 unspecified atom stereocenters. The monoisotopic (exact) mass is 2090 g/mol. The molecule has 18 rings (SSSR count). The molecule has 0 aliphatic carbocycles. The molecule has 13 aromatic carbocycles. The SMILES string of the molecule is CCCCNC(c1csc(-c2ccccc2)n1)C(C)C.COc1c(-c2cc(C)cc(C)c2)cc(C(C)(C)C)cc1C1N=C(c2ccccc2)NO1.COc1c(-c2ccccc2)cc(C(C)(C)C)cc1C1N=C(c2c(Cl)cccc2Cl)NO1.COc1c(-c2ccccc2)cc(C(C)(C)C)cc1C1N=C(c2cc(C(F)(F)F)cc(C(F)(F)F)c2)NO1.COc1c(C2=NC(c3ccccc3C)ON2)cc(C(C)(C)C)cc1-c1ccccc1C. The zero-order chi connectivity index (χ0) is 108. The van der Waals surface area contributed by atoms with Gasteiger partial charge in [-0.2, -0.15) is 26.3 Å². The summed E-state index contributed by atoms with van der Waals surface area (Å²) in [6.07, 6.45) is -10.1. The van der Waals surface area contributed by atoms with Crippen LogP contribution in [0.25, 0.3) is 55.1 Å². The molecule has 0 saturated heterocycles. The van der Waals surface area contributed by atoms with Crippen molar-refractivity contribution in [3.05, 3.63) is 394 Å². The normalized spacial score (nSPS) is 15.7. The predicted molar refractivity (Wildman–Crippen MR) is 595 cm³/mol. The number of aryl methyl sites for hydroxylation is 4. The van der Waals surface area contributed by atoms with E-state index in [0.717, 1.165) is 124 Å². The molecule has 1 aromatic heterocycles. The quantitative estimate of drug-likeness (QED) is 0.0300. The second-order valence-electron chi connectivity index (χ2n) is 41.8. The highest BCUT2D eigenvalue weighted by Crippen LogP contribution is 2.50. The fourth-order valence-corrected chi connectivity index (χ4v) is 19.2. The van der Waals surface area contributed by atoms with Crippen molar-refractivity contribution in [2.75, 3.05) is 35.0 Å². The molecule has 4 aliphatic rings. The van der Waals surface area contributed by atoms with Crippen LogP contribution in [0.15, 0.2) is 298 Å². The third kappa shape index (κ3) is 27.3. The number of aliphatic imine (C=N–C) groups is 4. The Bertz CT molecular complexity index is 7130. The van der Waals surface area contributed by atoms with E-state index in [0.29, 0.717) is 62.7 Å². The second-order valence-corrected chi connectivity index (χ2v) is 43.4. The number of benzene rings is 13. The Balaban J connectivity index is 0.000000149. The largest absolute Gasteiger partial charge is 0.496 e. The summed E-state index contributed by atoms with van der Waals surface area (Å²) in [5.41, 5.74) is 33.2. The molecule has 14 aromatic rings. The van der Waals surface area contributed by atoms with Crippen LogP contribution in [-0.2, 0) is 53.4 Å². The lowest BCUT2D eigenvalue weighted by molar-refractivity contribution is -0.143. The number of ether oxygens (including phenoxy) is 4. The Kier molecular flexibility index (Phi) is 36.1. The molecule has 0 spiro atoms. The summed E-state index contributed by atoms with van der Waals surface area (Å²) in [4.78, 5) is 46.8. The zero-order valence-corrected chi connectivity index (χ0v) is 91.4. The van der Waals surface area contributed by atoms with Crippen LogP contribution < -0.4 is 46.2 Å². The predicted octanol–water partition coefficient (Wildman–Crippen LogP) is 32.0. The van der Waals surface area contributed by atoms with Crippen molar-refractivity contribution in [3.8, 4) is 78.1 Å². The first kappa shape index (κ1) is 112. The number of hydrogen-bond acceptors (Lipinski definition) is 19. The summed E-state index contributed by atoms with van der Waals surface area (Å²) in [7, 11) is 6.57. The number of hydrogen-bond donors (Lipinski definition) is 5. The van der Waals surface area contributed by atoms with Gasteiger partial charge in [-0.05, 0) is 203 Å². The van der Waals surface area contributed by atoms with E-state index in [1.54, 1.807) is 50.9 Å². The van der Waals surface area contributed by atoms with Gasteiger partial charge in [0.05, 0.1) is 72.5 Å². The minimum absolute atomic E-state index is 0.0338. The molecule has 0 fully saturated rings. The zero-order valence-electron chi connectivity index (χ0n) is 89.1. The number of nitrogens with zero attached hydrogens (tertiary/aromatic N) is 5. The molecule has 27 heteroatoms. The van der Waals surface area contributed by atoms with Gasteiger partial charge in [0, 0.05) is 66.6 Å². The average Bonchev–Trinajstić information content (AvgIpc) is 1.43. The lowest BCUT2D eigenvalue weighted by Gasteiger charge is -2.25. The Morgan fingerprint density at radius 1 is 0.353 bits per heavy atom. The van der Waals surface area contributed by atoms with E-state index in [9.17, 15) is 26.3 Å². The number of hydroxylamine groups is 4. The van der Waals surface area contributed by atoms with Crippen LogP contribution in [0.1, 0.15) is 253 Å². The number of thiazole rings is 1. The minimum atomic E-state index is -4.98. The Labute approximate surface area is 891 Å². The third-order valence-corrected chi connectivity index (χ3v) is 27.5. The Morgan fingerprint density at radius 3 is 1.15 bits per heavy atom. The number of methoxy groups -OCH3 is 4. The number of alkyl halides is 6. The maximum atomic E-state index is 13.3. The van der Waals surface area contributed by atoms with Crippen molar-refractivity contribution in [1.82, 2.24) is 32.2 Å². The number of amidine groups is 4. The molecular formula is C123H132Cl2F6N10O8S. The highest BCUT2D eigenvalue weighted by Gasteiger charge is 2.41. The van der Waals surface area contributed by atoms with Crippen LogP contribution in [0.4, 0.5) is 26.3 Å². The van der Waals surface area contributed by atoms with Crippen LogP contribution in [0, 0.1) is 33.6 Å². The smallest absolute Gasteiger partial charge is 0.416 e. The van der Waals surface area contributed by atoms with Gasteiger partial charge in [-0.1, -0.05) is 339 Å². The molecule has 0 amide bonds. The molecule has 18 nitrogen and oxygen atoms in total.